The molecule has 0 radical (unpaired) electrons. The van der Waals surface area contributed by atoms with Crippen molar-refractivity contribution < 1.29 is 65.9 Å². The average molecular weight is 1040 g/mol. The molecule has 0 aliphatic carbocycles. The lowest BCUT2D eigenvalue weighted by atomic mass is 9.93. The van der Waals surface area contributed by atoms with Gasteiger partial charge in [-0.2, -0.15) is 65.9 Å². The van der Waals surface area contributed by atoms with Crippen LogP contribution in [-0.4, -0.2) is 19.5 Å². The Balaban J connectivity index is 1.27. The molecule has 2 heterocycles. The fourth-order valence-electron chi connectivity index (χ4n) is 8.89. The van der Waals surface area contributed by atoms with Crippen molar-refractivity contribution in [2.45, 2.75) is 30.9 Å². The summed E-state index contributed by atoms with van der Waals surface area (Å²) >= 11 is 0. The largest absolute Gasteiger partial charge is 0.417 e. The van der Waals surface area contributed by atoms with Crippen molar-refractivity contribution in [2.75, 3.05) is 0 Å². The van der Waals surface area contributed by atoms with Gasteiger partial charge in [0.1, 0.15) is 0 Å². The molecule has 0 unspecified atom stereocenters. The minimum atomic E-state index is -5.24. The standard InChI is InChI=1S/C56H29F15N4/c57-52(58,59)36-21-34(22-37(27-36)53(60,61)62)32-15-19-47-44(25-32)45-26-33(35-23-38(54(63,64)65)28-39(24-35)55(66,67)68)16-20-48(45)75(47)40-17-18-42(43(29-40)41-13-7-8-14-46(41)56(69,70)71)51-73-49(30-9-3-1-4-10-30)72-50(74-51)31-11-5-2-6-12-31/h1-29H. The van der Waals surface area contributed by atoms with Gasteiger partial charge in [-0.1, -0.05) is 91.0 Å². The molecule has 378 valence electrons. The van der Waals surface area contributed by atoms with E-state index in [4.69, 9.17) is 9.97 Å². The van der Waals surface area contributed by atoms with Crippen molar-refractivity contribution in [2.24, 2.45) is 0 Å². The predicted molar refractivity (Wildman–Crippen MR) is 252 cm³/mol. The Hall–Kier alpha value is -8.48. The zero-order chi connectivity index (χ0) is 53.4. The number of hydrogen-bond acceptors (Lipinski definition) is 3. The third kappa shape index (κ3) is 9.89. The third-order valence-electron chi connectivity index (χ3n) is 12.3. The van der Waals surface area contributed by atoms with Gasteiger partial charge in [-0.05, 0) is 118 Å². The highest BCUT2D eigenvalue weighted by Gasteiger charge is 2.39. The highest BCUT2D eigenvalue weighted by Crippen LogP contribution is 2.46. The van der Waals surface area contributed by atoms with E-state index in [0.29, 0.717) is 35.4 Å². The normalized spacial score (nSPS) is 12.7. The molecule has 8 aromatic carbocycles. The molecule has 10 aromatic rings. The van der Waals surface area contributed by atoms with E-state index in [1.165, 1.54) is 77.4 Å². The molecule has 4 nitrogen and oxygen atoms in total. The second-order valence-corrected chi connectivity index (χ2v) is 17.2. The molecule has 0 aliphatic heterocycles. The molecule has 0 saturated carbocycles. The van der Waals surface area contributed by atoms with Crippen LogP contribution in [0.25, 0.3) is 95.0 Å². The lowest BCUT2D eigenvalue weighted by Gasteiger charge is -2.18. The number of nitrogens with zero attached hydrogens (tertiary/aromatic N) is 4. The third-order valence-corrected chi connectivity index (χ3v) is 12.3. The second kappa shape index (κ2) is 18.2. The van der Waals surface area contributed by atoms with Gasteiger partial charge in [0.15, 0.2) is 17.5 Å². The Kier molecular flexibility index (Phi) is 12.1. The molecule has 0 bridgehead atoms. The van der Waals surface area contributed by atoms with Crippen molar-refractivity contribution in [3.8, 4) is 73.2 Å². The Bertz CT molecular complexity index is 3560. The quantitative estimate of drug-likeness (QED) is 0.149. The van der Waals surface area contributed by atoms with Crippen LogP contribution in [0.5, 0.6) is 0 Å². The molecule has 0 atom stereocenters. The van der Waals surface area contributed by atoms with Crippen LogP contribution in [0.2, 0.25) is 0 Å². The molecule has 0 spiro atoms. The minimum Gasteiger partial charge on any atom is -0.309 e. The SMILES string of the molecule is FC(F)(F)c1cc(-c2ccc3c(c2)c2cc(-c4cc(C(F)(F)F)cc(C(F)(F)F)c4)ccc2n3-c2ccc(-c3nc(-c4ccccc4)nc(-c4ccccc4)n3)c(-c3ccccc3C(F)(F)F)c2)cc(C(F)(F)F)c1. The molecule has 2 aromatic heterocycles. The summed E-state index contributed by atoms with van der Waals surface area (Å²) in [5, 5.41) is 0.0502. The lowest BCUT2D eigenvalue weighted by molar-refractivity contribution is -0.144. The van der Waals surface area contributed by atoms with Crippen LogP contribution < -0.4 is 0 Å². The van der Waals surface area contributed by atoms with E-state index in [2.05, 4.69) is 4.98 Å². The molecule has 0 saturated heterocycles. The number of benzene rings is 8. The molecule has 10 rings (SSSR count). The number of halogens is 15. The van der Waals surface area contributed by atoms with Crippen LogP contribution in [0.1, 0.15) is 27.8 Å². The van der Waals surface area contributed by atoms with Crippen molar-refractivity contribution in [3.63, 3.8) is 0 Å². The Morgan fingerprint density at radius 2 is 0.680 bits per heavy atom. The summed E-state index contributed by atoms with van der Waals surface area (Å²) in [5.41, 5.74) is -8.10. The first-order chi connectivity index (χ1) is 35.3. The molecule has 0 fully saturated rings. The highest BCUT2D eigenvalue weighted by atomic mass is 19.4. The lowest BCUT2D eigenvalue weighted by Crippen LogP contribution is -2.11. The molecule has 0 aliphatic rings. The summed E-state index contributed by atoms with van der Waals surface area (Å²) in [5.74, 6) is 0.272. The van der Waals surface area contributed by atoms with Crippen LogP contribution in [0.15, 0.2) is 176 Å². The van der Waals surface area contributed by atoms with E-state index >= 15 is 13.2 Å². The monoisotopic (exact) mass is 1040 g/mol. The Labute approximate surface area is 414 Å². The first kappa shape index (κ1) is 50.1. The average Bonchev–Trinajstić information content (AvgIpc) is 3.70. The summed E-state index contributed by atoms with van der Waals surface area (Å²) in [6.45, 7) is 0. The number of fused-ring (bicyclic) bond motifs is 3. The van der Waals surface area contributed by atoms with Gasteiger partial charge in [0.05, 0.1) is 38.9 Å². The first-order valence-electron chi connectivity index (χ1n) is 22.2. The van der Waals surface area contributed by atoms with Crippen LogP contribution in [0, 0.1) is 0 Å². The number of hydrogen-bond donors (Lipinski definition) is 0. The Morgan fingerprint density at radius 1 is 0.280 bits per heavy atom. The van der Waals surface area contributed by atoms with E-state index in [0.717, 1.165) is 6.07 Å². The molecule has 19 heteroatoms. The van der Waals surface area contributed by atoms with Crippen LogP contribution in [0.3, 0.4) is 0 Å². The van der Waals surface area contributed by atoms with E-state index in [1.807, 2.05) is 0 Å². The van der Waals surface area contributed by atoms with Crippen molar-refractivity contribution in [1.29, 1.82) is 0 Å². The van der Waals surface area contributed by atoms with E-state index in [1.54, 1.807) is 60.7 Å². The van der Waals surface area contributed by atoms with E-state index in [9.17, 15) is 52.7 Å². The first-order valence-corrected chi connectivity index (χ1v) is 22.2. The summed E-state index contributed by atoms with van der Waals surface area (Å²) in [6, 6.07) is 35.5. The Morgan fingerprint density at radius 3 is 1.09 bits per heavy atom. The van der Waals surface area contributed by atoms with E-state index in [-0.39, 0.29) is 84.9 Å². The number of rotatable bonds is 7. The van der Waals surface area contributed by atoms with Gasteiger partial charge in [-0.25, -0.2) is 15.0 Å². The van der Waals surface area contributed by atoms with Gasteiger partial charge >= 0.3 is 30.9 Å². The minimum absolute atomic E-state index is 0.0251. The summed E-state index contributed by atoms with van der Waals surface area (Å²) < 4.78 is 216. The van der Waals surface area contributed by atoms with Crippen molar-refractivity contribution in [1.82, 2.24) is 19.5 Å². The van der Waals surface area contributed by atoms with Gasteiger partial charge in [0.2, 0.25) is 0 Å². The van der Waals surface area contributed by atoms with Gasteiger partial charge in [0, 0.05) is 33.2 Å². The zero-order valence-electron chi connectivity index (χ0n) is 37.7. The topological polar surface area (TPSA) is 43.6 Å². The van der Waals surface area contributed by atoms with Gasteiger partial charge in [0.25, 0.3) is 0 Å². The fourth-order valence-corrected chi connectivity index (χ4v) is 8.89. The summed E-state index contributed by atoms with van der Waals surface area (Å²) in [7, 11) is 0. The highest BCUT2D eigenvalue weighted by molar-refractivity contribution is 6.12. The smallest absolute Gasteiger partial charge is 0.309 e. The number of aromatic nitrogens is 4. The zero-order valence-corrected chi connectivity index (χ0v) is 37.7. The summed E-state index contributed by atoms with van der Waals surface area (Å²) in [4.78, 5) is 14.2. The maximum atomic E-state index is 15.1. The predicted octanol–water partition coefficient (Wildman–Crippen LogP) is 18.1. The maximum Gasteiger partial charge on any atom is 0.417 e. The molecule has 75 heavy (non-hydrogen) atoms. The number of alkyl halides is 15. The molecule has 0 N–H and O–H groups in total. The van der Waals surface area contributed by atoms with Crippen LogP contribution >= 0.6 is 0 Å². The molecular formula is C56H29F15N4. The second-order valence-electron chi connectivity index (χ2n) is 17.2. The van der Waals surface area contributed by atoms with Gasteiger partial charge in [-0.15, -0.1) is 0 Å². The maximum absolute atomic E-state index is 15.1. The fraction of sp³-hybridized carbons (Fsp3) is 0.0893. The van der Waals surface area contributed by atoms with E-state index < -0.39 is 69.8 Å². The van der Waals surface area contributed by atoms with Crippen LogP contribution in [-0.2, 0) is 30.9 Å². The van der Waals surface area contributed by atoms with Crippen molar-refractivity contribution >= 4 is 21.8 Å². The van der Waals surface area contributed by atoms with Crippen molar-refractivity contribution in [3.05, 3.63) is 204 Å². The van der Waals surface area contributed by atoms with Crippen LogP contribution in [0.4, 0.5) is 65.9 Å². The summed E-state index contributed by atoms with van der Waals surface area (Å²) in [6.07, 6.45) is -25.9. The van der Waals surface area contributed by atoms with Gasteiger partial charge < -0.3 is 4.57 Å². The van der Waals surface area contributed by atoms with Gasteiger partial charge in [-0.3, -0.25) is 0 Å². The molecule has 0 amide bonds. The molecular weight excluding hydrogens is 1010 g/mol.